The maximum absolute atomic E-state index is 13.8. The van der Waals surface area contributed by atoms with Gasteiger partial charge in [-0.3, -0.25) is 14.9 Å². The molecule has 10 heteroatoms. The molecule has 0 aliphatic carbocycles. The highest BCUT2D eigenvalue weighted by atomic mass is 79.9. The van der Waals surface area contributed by atoms with E-state index in [1.807, 2.05) is 12.1 Å². The van der Waals surface area contributed by atoms with Crippen LogP contribution in [0.25, 0.3) is 0 Å². The minimum absolute atomic E-state index is 0.0415. The largest absolute Gasteiger partial charge is 0.493 e. The minimum Gasteiger partial charge on any atom is -0.493 e. The van der Waals surface area contributed by atoms with Gasteiger partial charge >= 0.3 is 0 Å². The van der Waals surface area contributed by atoms with Crippen molar-refractivity contribution in [2.24, 2.45) is 0 Å². The third kappa shape index (κ3) is 5.20. The molecule has 1 atom stereocenters. The van der Waals surface area contributed by atoms with Crippen LogP contribution in [0.2, 0.25) is 0 Å². The van der Waals surface area contributed by atoms with Crippen LogP contribution in [0.1, 0.15) is 28.3 Å². The van der Waals surface area contributed by atoms with Crippen molar-refractivity contribution in [2.75, 3.05) is 35.0 Å². The summed E-state index contributed by atoms with van der Waals surface area (Å²) in [6.45, 7) is 0.430. The van der Waals surface area contributed by atoms with Crippen LogP contribution in [0.5, 0.6) is 23.0 Å². The lowest BCUT2D eigenvalue weighted by molar-refractivity contribution is -0.384. The number of halogens is 1. The van der Waals surface area contributed by atoms with Gasteiger partial charge in [-0.05, 0) is 52.9 Å². The molecule has 9 nitrogen and oxygen atoms in total. The quantitative estimate of drug-likeness (QED) is 0.274. The molecule has 0 fully saturated rings. The van der Waals surface area contributed by atoms with Gasteiger partial charge in [0.05, 0.1) is 45.8 Å². The number of carbonyl (C=O) groups excluding carboxylic acids is 1. The second-order valence-electron chi connectivity index (χ2n) is 8.47. The van der Waals surface area contributed by atoms with Gasteiger partial charge in [-0.25, -0.2) is 0 Å². The predicted octanol–water partition coefficient (Wildman–Crippen LogP) is 5.11. The lowest BCUT2D eigenvalue weighted by atomic mass is 9.87. The summed E-state index contributed by atoms with van der Waals surface area (Å²) in [6.07, 6.45) is 0.689. The van der Waals surface area contributed by atoms with Crippen LogP contribution < -0.4 is 18.9 Å². The molecule has 194 valence electrons. The Morgan fingerprint density at radius 3 is 2.24 bits per heavy atom. The number of carbonyl (C=O) groups is 1. The minimum atomic E-state index is -0.546. The monoisotopic (exact) mass is 570 g/mol. The van der Waals surface area contributed by atoms with Crippen LogP contribution in [-0.4, -0.2) is 50.7 Å². The summed E-state index contributed by atoms with van der Waals surface area (Å²) in [5, 5.41) is 11.5. The molecule has 37 heavy (non-hydrogen) atoms. The van der Waals surface area contributed by atoms with Crippen molar-refractivity contribution in [3.8, 4) is 23.0 Å². The van der Waals surface area contributed by atoms with Crippen molar-refractivity contribution in [1.82, 2.24) is 4.90 Å². The zero-order valence-corrected chi connectivity index (χ0v) is 22.5. The molecule has 0 spiro atoms. The van der Waals surface area contributed by atoms with Crippen LogP contribution in [0, 0.1) is 10.1 Å². The summed E-state index contributed by atoms with van der Waals surface area (Å²) >= 11 is 3.54. The van der Waals surface area contributed by atoms with E-state index in [-0.39, 0.29) is 18.0 Å². The Kier molecular flexibility index (Phi) is 7.87. The molecule has 0 N–H and O–H groups in total. The summed E-state index contributed by atoms with van der Waals surface area (Å²) in [6, 6.07) is 13.1. The summed E-state index contributed by atoms with van der Waals surface area (Å²) in [4.78, 5) is 26.7. The van der Waals surface area contributed by atoms with Crippen LogP contribution in [0.15, 0.2) is 53.0 Å². The molecule has 1 unspecified atom stereocenters. The number of non-ortho nitro benzene ring substituents is 1. The van der Waals surface area contributed by atoms with Crippen molar-refractivity contribution < 1.29 is 28.7 Å². The Morgan fingerprint density at radius 1 is 0.973 bits per heavy atom. The second-order valence-corrected chi connectivity index (χ2v) is 9.33. The zero-order chi connectivity index (χ0) is 26.7. The molecule has 1 aliphatic rings. The Bertz CT molecular complexity index is 1340. The molecule has 4 rings (SSSR count). The number of hydrogen-bond donors (Lipinski definition) is 0. The van der Waals surface area contributed by atoms with Crippen LogP contribution >= 0.6 is 15.9 Å². The van der Waals surface area contributed by atoms with E-state index >= 15 is 0 Å². The highest BCUT2D eigenvalue weighted by Gasteiger charge is 2.34. The maximum atomic E-state index is 13.8. The SMILES string of the molecule is COc1cc(Br)c(CC(=O)N2CCc3cc(OC)c(OC)cc3C2c2cccc([N+](=O)[O-])c2)cc1OC. The van der Waals surface area contributed by atoms with Crippen molar-refractivity contribution in [3.63, 3.8) is 0 Å². The van der Waals surface area contributed by atoms with Crippen molar-refractivity contribution >= 4 is 27.5 Å². The number of hydrogen-bond acceptors (Lipinski definition) is 7. The Hall–Kier alpha value is -3.79. The van der Waals surface area contributed by atoms with E-state index < -0.39 is 11.0 Å². The van der Waals surface area contributed by atoms with Gasteiger partial charge in [0, 0.05) is 23.2 Å². The van der Waals surface area contributed by atoms with Gasteiger partial charge in [0.15, 0.2) is 23.0 Å². The van der Waals surface area contributed by atoms with Gasteiger partial charge in [-0.15, -0.1) is 0 Å². The number of nitro benzene ring substituents is 1. The Labute approximate surface area is 223 Å². The van der Waals surface area contributed by atoms with E-state index in [1.165, 1.54) is 12.1 Å². The van der Waals surface area contributed by atoms with Crippen LogP contribution in [0.4, 0.5) is 5.69 Å². The average Bonchev–Trinajstić information content (AvgIpc) is 2.92. The molecule has 0 radical (unpaired) electrons. The number of benzene rings is 3. The molecule has 1 heterocycles. The summed E-state index contributed by atoms with van der Waals surface area (Å²) in [7, 11) is 6.21. The van der Waals surface area contributed by atoms with Crippen molar-refractivity contribution in [2.45, 2.75) is 18.9 Å². The molecule has 0 bridgehead atoms. The van der Waals surface area contributed by atoms with Gasteiger partial charge in [0.25, 0.3) is 5.69 Å². The Morgan fingerprint density at radius 2 is 1.59 bits per heavy atom. The number of methoxy groups -OCH3 is 4. The molecule has 0 saturated heterocycles. The van der Waals surface area contributed by atoms with Gasteiger partial charge in [-0.1, -0.05) is 28.1 Å². The van der Waals surface area contributed by atoms with E-state index in [1.54, 1.807) is 57.6 Å². The standard InChI is InChI=1S/C27H27BrN2O7/c1-34-22-11-16-8-9-29(26(31)13-18-12-23(35-2)25(37-4)15-21(18)28)27(20(16)14-24(22)36-3)17-6-5-7-19(10-17)30(32)33/h5-7,10-12,14-15,27H,8-9,13H2,1-4H3. The van der Waals surface area contributed by atoms with Gasteiger partial charge in [0.2, 0.25) is 5.91 Å². The highest BCUT2D eigenvalue weighted by Crippen LogP contribution is 2.42. The lowest BCUT2D eigenvalue weighted by Crippen LogP contribution is -2.41. The second kappa shape index (κ2) is 11.1. The normalized spacial score (nSPS) is 14.5. The molecular formula is C27H27BrN2O7. The van der Waals surface area contributed by atoms with Gasteiger partial charge < -0.3 is 23.8 Å². The first-order chi connectivity index (χ1) is 17.8. The summed E-state index contributed by atoms with van der Waals surface area (Å²) < 4.78 is 22.5. The van der Waals surface area contributed by atoms with Gasteiger partial charge in [0.1, 0.15) is 0 Å². The number of ether oxygens (including phenoxy) is 4. The third-order valence-electron chi connectivity index (χ3n) is 6.49. The number of amides is 1. The molecule has 1 aliphatic heterocycles. The topological polar surface area (TPSA) is 100 Å². The molecule has 3 aromatic carbocycles. The number of nitro groups is 1. The fourth-order valence-electron chi connectivity index (χ4n) is 4.68. The smallest absolute Gasteiger partial charge is 0.269 e. The average molecular weight is 571 g/mol. The molecule has 1 amide bonds. The fraction of sp³-hybridized carbons (Fsp3) is 0.296. The van der Waals surface area contributed by atoms with Crippen LogP contribution in [0.3, 0.4) is 0 Å². The molecule has 0 saturated carbocycles. The number of rotatable bonds is 8. The van der Waals surface area contributed by atoms with Crippen molar-refractivity contribution in [1.29, 1.82) is 0 Å². The lowest BCUT2D eigenvalue weighted by Gasteiger charge is -2.38. The first-order valence-corrected chi connectivity index (χ1v) is 12.3. The first-order valence-electron chi connectivity index (χ1n) is 11.5. The van der Waals surface area contributed by atoms with Crippen LogP contribution in [-0.2, 0) is 17.6 Å². The molecular weight excluding hydrogens is 544 g/mol. The van der Waals surface area contributed by atoms with Gasteiger partial charge in [-0.2, -0.15) is 0 Å². The summed E-state index contributed by atoms with van der Waals surface area (Å²) in [5.41, 5.74) is 3.16. The fourth-order valence-corrected chi connectivity index (χ4v) is 5.14. The Balaban J connectivity index is 1.79. The van der Waals surface area contributed by atoms with E-state index in [9.17, 15) is 14.9 Å². The third-order valence-corrected chi connectivity index (χ3v) is 7.22. The predicted molar refractivity (Wildman–Crippen MR) is 141 cm³/mol. The van der Waals surface area contributed by atoms with E-state index in [0.717, 1.165) is 16.7 Å². The summed E-state index contributed by atoms with van der Waals surface area (Å²) in [5.74, 6) is 2.05. The van der Waals surface area contributed by atoms with Crippen molar-refractivity contribution in [3.05, 3.63) is 85.4 Å². The maximum Gasteiger partial charge on any atom is 0.269 e. The molecule has 3 aromatic rings. The first kappa shape index (κ1) is 26.3. The zero-order valence-electron chi connectivity index (χ0n) is 20.9. The number of nitrogens with zero attached hydrogens (tertiary/aromatic N) is 2. The van der Waals surface area contributed by atoms with E-state index in [4.69, 9.17) is 18.9 Å². The highest BCUT2D eigenvalue weighted by molar-refractivity contribution is 9.10. The molecule has 0 aromatic heterocycles. The van der Waals surface area contributed by atoms with E-state index in [2.05, 4.69) is 15.9 Å². The van der Waals surface area contributed by atoms with E-state index in [0.29, 0.717) is 46.0 Å². The number of fused-ring (bicyclic) bond motifs is 1.